The molecular weight excluding hydrogens is 210 g/mol. The van der Waals surface area contributed by atoms with Crippen molar-refractivity contribution < 1.29 is 14.4 Å². The highest BCUT2D eigenvalue weighted by molar-refractivity contribution is 6.00. The monoisotopic (exact) mass is 227 g/mol. The SMILES string of the molecule is CCC(NC1CCC(=O)N(C)C1=O)C(N)=O. The summed E-state index contributed by atoms with van der Waals surface area (Å²) in [6.07, 6.45) is 1.26. The molecule has 6 heteroatoms. The number of rotatable bonds is 4. The van der Waals surface area contributed by atoms with Crippen LogP contribution in [-0.2, 0) is 14.4 Å². The summed E-state index contributed by atoms with van der Waals surface area (Å²) in [4.78, 5) is 35.0. The maximum atomic E-state index is 11.7. The zero-order chi connectivity index (χ0) is 12.3. The van der Waals surface area contributed by atoms with E-state index in [9.17, 15) is 14.4 Å². The van der Waals surface area contributed by atoms with Gasteiger partial charge in [-0.3, -0.25) is 24.6 Å². The van der Waals surface area contributed by atoms with Crippen LogP contribution in [0.25, 0.3) is 0 Å². The molecule has 16 heavy (non-hydrogen) atoms. The second-order valence-corrected chi connectivity index (χ2v) is 3.91. The molecule has 1 heterocycles. The molecule has 2 unspecified atom stereocenters. The van der Waals surface area contributed by atoms with Gasteiger partial charge in [-0.2, -0.15) is 0 Å². The van der Waals surface area contributed by atoms with E-state index < -0.39 is 18.0 Å². The maximum Gasteiger partial charge on any atom is 0.246 e. The predicted octanol–water partition coefficient (Wildman–Crippen LogP) is -1.01. The van der Waals surface area contributed by atoms with E-state index >= 15 is 0 Å². The van der Waals surface area contributed by atoms with Gasteiger partial charge in [-0.15, -0.1) is 0 Å². The van der Waals surface area contributed by atoms with Crippen LogP contribution >= 0.6 is 0 Å². The van der Waals surface area contributed by atoms with E-state index in [0.717, 1.165) is 4.90 Å². The van der Waals surface area contributed by atoms with Crippen molar-refractivity contribution in [1.82, 2.24) is 10.2 Å². The molecule has 1 rings (SSSR count). The van der Waals surface area contributed by atoms with E-state index in [1.54, 1.807) is 0 Å². The van der Waals surface area contributed by atoms with Gasteiger partial charge < -0.3 is 5.73 Å². The van der Waals surface area contributed by atoms with Crippen molar-refractivity contribution in [2.24, 2.45) is 5.73 Å². The summed E-state index contributed by atoms with van der Waals surface area (Å²) in [6, 6.07) is -1.00. The number of piperidine rings is 1. The number of imide groups is 1. The summed E-state index contributed by atoms with van der Waals surface area (Å²) in [5.41, 5.74) is 5.18. The number of carbonyl (C=O) groups is 3. The Labute approximate surface area is 94.2 Å². The normalized spacial score (nSPS) is 23.4. The van der Waals surface area contributed by atoms with E-state index in [2.05, 4.69) is 5.32 Å². The second-order valence-electron chi connectivity index (χ2n) is 3.91. The Morgan fingerprint density at radius 3 is 2.75 bits per heavy atom. The number of likely N-dealkylation sites (N-methyl/N-ethyl adjacent to an activating group) is 1. The van der Waals surface area contributed by atoms with Crippen LogP contribution in [0.15, 0.2) is 0 Å². The van der Waals surface area contributed by atoms with Crippen molar-refractivity contribution in [2.45, 2.75) is 38.3 Å². The Kier molecular flexibility index (Phi) is 4.00. The molecule has 0 aromatic rings. The summed E-state index contributed by atoms with van der Waals surface area (Å²) in [6.45, 7) is 1.81. The summed E-state index contributed by atoms with van der Waals surface area (Å²) in [7, 11) is 1.45. The molecule has 3 amide bonds. The Morgan fingerprint density at radius 2 is 2.25 bits per heavy atom. The second kappa shape index (κ2) is 5.07. The molecule has 0 aromatic heterocycles. The molecule has 90 valence electrons. The van der Waals surface area contributed by atoms with Crippen molar-refractivity contribution in [3.63, 3.8) is 0 Å². The first-order valence-corrected chi connectivity index (χ1v) is 5.33. The first-order chi connectivity index (χ1) is 7.47. The zero-order valence-corrected chi connectivity index (χ0v) is 9.53. The average Bonchev–Trinajstić information content (AvgIpc) is 2.25. The standard InChI is InChI=1S/C10H17N3O3/c1-3-6(9(11)15)12-7-4-5-8(14)13(2)10(7)16/h6-7,12H,3-5H2,1-2H3,(H2,11,15). The van der Waals surface area contributed by atoms with E-state index in [0.29, 0.717) is 19.3 Å². The first-order valence-electron chi connectivity index (χ1n) is 5.33. The van der Waals surface area contributed by atoms with Crippen molar-refractivity contribution in [3.05, 3.63) is 0 Å². The zero-order valence-electron chi connectivity index (χ0n) is 9.53. The van der Waals surface area contributed by atoms with Crippen molar-refractivity contribution in [2.75, 3.05) is 7.05 Å². The Balaban J connectivity index is 2.64. The van der Waals surface area contributed by atoms with Crippen LogP contribution in [0.3, 0.4) is 0 Å². The molecular formula is C10H17N3O3. The molecule has 1 aliphatic heterocycles. The van der Waals surface area contributed by atoms with E-state index in [1.165, 1.54) is 7.05 Å². The highest BCUT2D eigenvalue weighted by Crippen LogP contribution is 2.12. The molecule has 0 bridgehead atoms. The summed E-state index contributed by atoms with van der Waals surface area (Å²) >= 11 is 0. The van der Waals surface area contributed by atoms with Crippen molar-refractivity contribution in [1.29, 1.82) is 0 Å². The number of amides is 3. The third-order valence-corrected chi connectivity index (χ3v) is 2.80. The summed E-state index contributed by atoms with van der Waals surface area (Å²) in [5, 5.41) is 2.89. The molecule has 1 aliphatic rings. The number of carbonyl (C=O) groups excluding carboxylic acids is 3. The lowest BCUT2D eigenvalue weighted by atomic mass is 10.0. The van der Waals surface area contributed by atoms with Crippen molar-refractivity contribution >= 4 is 17.7 Å². The van der Waals surface area contributed by atoms with E-state index in [4.69, 9.17) is 5.73 Å². The molecule has 0 spiro atoms. The number of hydrogen-bond donors (Lipinski definition) is 2. The number of hydrogen-bond acceptors (Lipinski definition) is 4. The highest BCUT2D eigenvalue weighted by atomic mass is 16.2. The van der Waals surface area contributed by atoms with Gasteiger partial charge in [0.2, 0.25) is 17.7 Å². The topological polar surface area (TPSA) is 92.5 Å². The third-order valence-electron chi connectivity index (χ3n) is 2.80. The largest absolute Gasteiger partial charge is 0.368 e. The van der Waals surface area contributed by atoms with Crippen LogP contribution < -0.4 is 11.1 Å². The van der Waals surface area contributed by atoms with Gasteiger partial charge in [0.1, 0.15) is 0 Å². The first kappa shape index (κ1) is 12.6. The Bertz CT molecular complexity index is 316. The Hall–Kier alpha value is -1.43. The minimum atomic E-state index is -0.518. The lowest BCUT2D eigenvalue weighted by Gasteiger charge is -2.30. The highest BCUT2D eigenvalue weighted by Gasteiger charge is 2.33. The molecule has 6 nitrogen and oxygen atoms in total. The van der Waals surface area contributed by atoms with Crippen LogP contribution in [-0.4, -0.2) is 41.8 Å². The van der Waals surface area contributed by atoms with Gasteiger partial charge in [0.25, 0.3) is 0 Å². The molecule has 0 saturated carbocycles. The van der Waals surface area contributed by atoms with Gasteiger partial charge in [-0.25, -0.2) is 0 Å². The van der Waals surface area contributed by atoms with Crippen molar-refractivity contribution in [3.8, 4) is 0 Å². The molecule has 0 aromatic carbocycles. The fourth-order valence-electron chi connectivity index (χ4n) is 1.71. The molecule has 1 fully saturated rings. The van der Waals surface area contributed by atoms with Crippen LogP contribution in [0.5, 0.6) is 0 Å². The third kappa shape index (κ3) is 2.57. The number of likely N-dealkylation sites (tertiary alicyclic amines) is 1. The van der Waals surface area contributed by atoms with Gasteiger partial charge in [0.15, 0.2) is 0 Å². The van der Waals surface area contributed by atoms with Gasteiger partial charge in [-0.05, 0) is 12.8 Å². The number of nitrogens with one attached hydrogen (secondary N) is 1. The molecule has 3 N–H and O–H groups in total. The average molecular weight is 227 g/mol. The van der Waals surface area contributed by atoms with Gasteiger partial charge in [0, 0.05) is 13.5 Å². The quantitative estimate of drug-likeness (QED) is 0.602. The number of primary amides is 1. The van der Waals surface area contributed by atoms with Crippen LogP contribution in [0, 0.1) is 0 Å². The van der Waals surface area contributed by atoms with Crippen LogP contribution in [0.2, 0.25) is 0 Å². The van der Waals surface area contributed by atoms with Gasteiger partial charge >= 0.3 is 0 Å². The number of nitrogens with zero attached hydrogens (tertiary/aromatic N) is 1. The molecule has 0 aliphatic carbocycles. The fourth-order valence-corrected chi connectivity index (χ4v) is 1.71. The van der Waals surface area contributed by atoms with Gasteiger partial charge in [0.05, 0.1) is 12.1 Å². The maximum absolute atomic E-state index is 11.7. The minimum Gasteiger partial charge on any atom is -0.368 e. The molecule has 0 radical (unpaired) electrons. The fraction of sp³-hybridized carbons (Fsp3) is 0.700. The van der Waals surface area contributed by atoms with Crippen LogP contribution in [0.1, 0.15) is 26.2 Å². The van der Waals surface area contributed by atoms with E-state index in [1.807, 2.05) is 6.92 Å². The van der Waals surface area contributed by atoms with Gasteiger partial charge in [-0.1, -0.05) is 6.92 Å². The summed E-state index contributed by atoms with van der Waals surface area (Å²) in [5.74, 6) is -0.957. The minimum absolute atomic E-state index is 0.185. The van der Waals surface area contributed by atoms with Crippen LogP contribution in [0.4, 0.5) is 0 Å². The molecule has 2 atom stereocenters. The predicted molar refractivity (Wildman–Crippen MR) is 57.2 cm³/mol. The van der Waals surface area contributed by atoms with E-state index in [-0.39, 0.29) is 11.8 Å². The number of nitrogens with two attached hydrogens (primary N) is 1. The lowest BCUT2D eigenvalue weighted by molar-refractivity contribution is -0.148. The molecule has 1 saturated heterocycles. The lowest BCUT2D eigenvalue weighted by Crippen LogP contribution is -2.56. The summed E-state index contributed by atoms with van der Waals surface area (Å²) < 4.78 is 0. The Morgan fingerprint density at radius 1 is 1.62 bits per heavy atom. The smallest absolute Gasteiger partial charge is 0.246 e.